The van der Waals surface area contributed by atoms with E-state index in [0.29, 0.717) is 8.95 Å². The van der Waals surface area contributed by atoms with Crippen molar-refractivity contribution in [3.63, 3.8) is 0 Å². The highest BCUT2D eigenvalue weighted by atomic mass is 79.9. The Kier molecular flexibility index (Phi) is 4.81. The molecule has 1 nitrogen and oxygen atoms in total. The molecule has 0 radical (unpaired) electrons. The maximum Gasteiger partial charge on any atom is 0.139 e. The number of hydrogen-bond acceptors (Lipinski definition) is 1. The predicted molar refractivity (Wildman–Crippen MR) is 85.0 cm³/mol. The molecule has 2 aromatic carbocycles. The van der Waals surface area contributed by atoms with Crippen molar-refractivity contribution < 1.29 is 8.78 Å². The van der Waals surface area contributed by atoms with Gasteiger partial charge in [0.25, 0.3) is 0 Å². The fraction of sp³-hybridized carbons (Fsp3) is 0.200. The van der Waals surface area contributed by atoms with Crippen LogP contribution in [0, 0.1) is 18.6 Å². The van der Waals surface area contributed by atoms with Crippen molar-refractivity contribution in [3.05, 3.63) is 62.0 Å². The van der Waals surface area contributed by atoms with Crippen molar-refractivity contribution >= 4 is 37.5 Å². The average Bonchev–Trinajstić information content (AvgIpc) is 2.35. The molecule has 2 aromatic rings. The van der Waals surface area contributed by atoms with Gasteiger partial charge in [-0.3, -0.25) is 0 Å². The first-order valence-corrected chi connectivity index (χ1v) is 7.64. The maximum atomic E-state index is 13.6. The van der Waals surface area contributed by atoms with Gasteiger partial charge in [-0.1, -0.05) is 22.0 Å². The highest BCUT2D eigenvalue weighted by Crippen LogP contribution is 2.30. The lowest BCUT2D eigenvalue weighted by molar-refractivity contribution is 0.620. The third-order valence-electron chi connectivity index (χ3n) is 3.07. The van der Waals surface area contributed by atoms with Gasteiger partial charge in [0.2, 0.25) is 0 Å². The van der Waals surface area contributed by atoms with Crippen LogP contribution in [0.1, 0.15) is 24.1 Å². The quantitative estimate of drug-likeness (QED) is 0.664. The first kappa shape index (κ1) is 15.4. The number of nitrogens with one attached hydrogen (secondary N) is 1. The molecule has 2 rings (SSSR count). The number of hydrogen-bond donors (Lipinski definition) is 1. The lowest BCUT2D eigenvalue weighted by Crippen LogP contribution is -2.09. The lowest BCUT2D eigenvalue weighted by Gasteiger charge is -2.19. The molecule has 1 unspecified atom stereocenters. The molecule has 0 saturated heterocycles. The average molecular weight is 405 g/mol. The van der Waals surface area contributed by atoms with Crippen molar-refractivity contribution in [1.82, 2.24) is 0 Å². The minimum Gasteiger partial charge on any atom is -0.378 e. The van der Waals surface area contributed by atoms with Gasteiger partial charge in [0.1, 0.15) is 11.6 Å². The van der Waals surface area contributed by atoms with Crippen LogP contribution in [0.4, 0.5) is 14.5 Å². The molecule has 106 valence electrons. The van der Waals surface area contributed by atoms with Gasteiger partial charge in [0.15, 0.2) is 0 Å². The van der Waals surface area contributed by atoms with Crippen LogP contribution in [0.5, 0.6) is 0 Å². The summed E-state index contributed by atoms with van der Waals surface area (Å²) in [5.74, 6) is -0.609. The van der Waals surface area contributed by atoms with Gasteiger partial charge in [-0.25, -0.2) is 8.78 Å². The Morgan fingerprint density at radius 2 is 1.75 bits per heavy atom. The van der Waals surface area contributed by atoms with E-state index in [-0.39, 0.29) is 17.7 Å². The monoisotopic (exact) mass is 403 g/mol. The van der Waals surface area contributed by atoms with E-state index in [0.717, 1.165) is 16.8 Å². The summed E-state index contributed by atoms with van der Waals surface area (Å²) < 4.78 is 27.8. The minimum atomic E-state index is -0.316. The maximum absolute atomic E-state index is 13.6. The molecule has 0 saturated carbocycles. The zero-order valence-electron chi connectivity index (χ0n) is 11.0. The van der Waals surface area contributed by atoms with Crippen LogP contribution >= 0.6 is 31.9 Å². The molecule has 1 N–H and O–H groups in total. The van der Waals surface area contributed by atoms with Crippen molar-refractivity contribution in [2.75, 3.05) is 5.32 Å². The molecule has 0 bridgehead atoms. The second-order valence-electron chi connectivity index (χ2n) is 4.61. The largest absolute Gasteiger partial charge is 0.378 e. The summed E-state index contributed by atoms with van der Waals surface area (Å²) in [6, 6.07) is 7.64. The van der Waals surface area contributed by atoms with Crippen LogP contribution in [0.25, 0.3) is 0 Å². The molecule has 0 spiro atoms. The van der Waals surface area contributed by atoms with Gasteiger partial charge in [0.05, 0.1) is 4.47 Å². The Labute approximate surface area is 133 Å². The van der Waals surface area contributed by atoms with Crippen LogP contribution in [-0.4, -0.2) is 0 Å². The van der Waals surface area contributed by atoms with E-state index in [1.165, 1.54) is 18.2 Å². The molecule has 0 aromatic heterocycles. The summed E-state index contributed by atoms with van der Waals surface area (Å²) in [6.07, 6.45) is 0. The van der Waals surface area contributed by atoms with Gasteiger partial charge < -0.3 is 5.32 Å². The van der Waals surface area contributed by atoms with Crippen molar-refractivity contribution in [2.24, 2.45) is 0 Å². The van der Waals surface area contributed by atoms with E-state index < -0.39 is 0 Å². The fourth-order valence-electron chi connectivity index (χ4n) is 1.97. The zero-order valence-corrected chi connectivity index (χ0v) is 14.1. The van der Waals surface area contributed by atoms with Gasteiger partial charge in [-0.15, -0.1) is 0 Å². The predicted octanol–water partition coefficient (Wildman–Crippen LogP) is 5.97. The summed E-state index contributed by atoms with van der Waals surface area (Å²) in [5.41, 5.74) is 2.56. The molecule has 0 fully saturated rings. The van der Waals surface area contributed by atoms with Crippen molar-refractivity contribution in [2.45, 2.75) is 19.9 Å². The van der Waals surface area contributed by atoms with Gasteiger partial charge >= 0.3 is 0 Å². The van der Waals surface area contributed by atoms with Crippen LogP contribution in [-0.2, 0) is 0 Å². The summed E-state index contributed by atoms with van der Waals surface area (Å²) in [6.45, 7) is 3.84. The Morgan fingerprint density at radius 1 is 1.05 bits per heavy atom. The molecule has 0 aliphatic rings. The number of halogens is 4. The van der Waals surface area contributed by atoms with Gasteiger partial charge in [-0.05, 0) is 65.2 Å². The molecule has 0 heterocycles. The Morgan fingerprint density at radius 3 is 2.40 bits per heavy atom. The van der Waals surface area contributed by atoms with E-state index in [1.807, 2.05) is 13.8 Å². The van der Waals surface area contributed by atoms with E-state index in [4.69, 9.17) is 0 Å². The van der Waals surface area contributed by atoms with Gasteiger partial charge in [-0.2, -0.15) is 0 Å². The van der Waals surface area contributed by atoms with E-state index in [2.05, 4.69) is 37.2 Å². The first-order chi connectivity index (χ1) is 9.38. The van der Waals surface area contributed by atoms with Crippen LogP contribution in [0.15, 0.2) is 39.3 Å². The Hall–Kier alpha value is -0.940. The molecular formula is C15H13Br2F2N. The van der Waals surface area contributed by atoms with E-state index in [1.54, 1.807) is 12.1 Å². The van der Waals surface area contributed by atoms with Crippen molar-refractivity contribution in [1.29, 1.82) is 0 Å². The highest BCUT2D eigenvalue weighted by molar-refractivity contribution is 9.10. The third-order valence-corrected chi connectivity index (χ3v) is 4.36. The summed E-state index contributed by atoms with van der Waals surface area (Å²) in [4.78, 5) is 0. The smallest absolute Gasteiger partial charge is 0.139 e. The normalized spacial score (nSPS) is 12.3. The third kappa shape index (κ3) is 3.38. The van der Waals surface area contributed by atoms with E-state index >= 15 is 0 Å². The molecule has 1 atom stereocenters. The number of rotatable bonds is 3. The number of anilines is 1. The molecule has 5 heteroatoms. The summed E-state index contributed by atoms with van der Waals surface area (Å²) in [5, 5.41) is 3.24. The topological polar surface area (TPSA) is 12.0 Å². The lowest BCUT2D eigenvalue weighted by atomic mass is 10.1. The van der Waals surface area contributed by atoms with Crippen LogP contribution in [0.3, 0.4) is 0 Å². The van der Waals surface area contributed by atoms with Crippen LogP contribution in [0.2, 0.25) is 0 Å². The Bertz CT molecular complexity index is 644. The van der Waals surface area contributed by atoms with Gasteiger partial charge in [0, 0.05) is 16.2 Å². The second-order valence-corrected chi connectivity index (χ2v) is 6.32. The second kappa shape index (κ2) is 6.22. The zero-order chi connectivity index (χ0) is 14.9. The molecule has 20 heavy (non-hydrogen) atoms. The Balaban J connectivity index is 2.27. The molecule has 0 amide bonds. The van der Waals surface area contributed by atoms with Crippen molar-refractivity contribution in [3.8, 4) is 0 Å². The first-order valence-electron chi connectivity index (χ1n) is 6.05. The number of benzene rings is 2. The number of aryl methyl sites for hydroxylation is 1. The van der Waals surface area contributed by atoms with Crippen LogP contribution < -0.4 is 5.32 Å². The van der Waals surface area contributed by atoms with E-state index in [9.17, 15) is 8.78 Å². The highest BCUT2D eigenvalue weighted by Gasteiger charge is 2.12. The fourth-order valence-corrected chi connectivity index (χ4v) is 3.12. The molecular weight excluding hydrogens is 392 g/mol. The summed E-state index contributed by atoms with van der Waals surface area (Å²) in [7, 11) is 0. The minimum absolute atomic E-state index is 0.0794. The molecule has 0 aliphatic heterocycles. The SMILES string of the molecule is Cc1cc(Br)c(F)cc1NC(C)c1ccc(F)cc1Br. The molecule has 0 aliphatic carbocycles. The standard InChI is InChI=1S/C15H13Br2F2N/c1-8-5-13(17)14(19)7-15(8)20-9(2)11-4-3-10(18)6-12(11)16/h3-7,9,20H,1-2H3. The summed E-state index contributed by atoms with van der Waals surface area (Å²) >= 11 is 6.50.